The minimum atomic E-state index is -1.57. The number of ether oxygens (including phenoxy) is 1. The summed E-state index contributed by atoms with van der Waals surface area (Å²) in [6.45, 7) is 6.96. The van der Waals surface area contributed by atoms with Gasteiger partial charge in [-0.15, -0.1) is 11.3 Å². The van der Waals surface area contributed by atoms with E-state index in [-0.39, 0.29) is 5.91 Å². The highest BCUT2D eigenvalue weighted by Gasteiger charge is 2.19. The number of nitrogens with two attached hydrogens (primary N) is 1. The van der Waals surface area contributed by atoms with Crippen molar-refractivity contribution in [3.63, 3.8) is 0 Å². The Bertz CT molecular complexity index is 1400. The third kappa shape index (κ3) is 6.63. The van der Waals surface area contributed by atoms with Crippen LogP contribution in [-0.2, 0) is 6.54 Å². The predicted octanol–water partition coefficient (Wildman–Crippen LogP) is 5.82. The van der Waals surface area contributed by atoms with Crippen LogP contribution in [0.25, 0.3) is 10.4 Å². The van der Waals surface area contributed by atoms with E-state index in [4.69, 9.17) is 10.5 Å². The van der Waals surface area contributed by atoms with E-state index in [0.29, 0.717) is 29.2 Å². The van der Waals surface area contributed by atoms with Crippen molar-refractivity contribution in [2.45, 2.75) is 26.2 Å². The van der Waals surface area contributed by atoms with Crippen LogP contribution in [0.4, 0.5) is 16.2 Å². The number of carbonyl (C=O) groups is 2. The van der Waals surface area contributed by atoms with Gasteiger partial charge < -0.3 is 20.7 Å². The van der Waals surface area contributed by atoms with E-state index in [0.717, 1.165) is 21.2 Å². The predicted molar refractivity (Wildman–Crippen MR) is 153 cm³/mol. The van der Waals surface area contributed by atoms with E-state index < -0.39 is 14.2 Å². The second-order valence-electron chi connectivity index (χ2n) is 9.81. The van der Waals surface area contributed by atoms with E-state index in [9.17, 15) is 9.59 Å². The fraction of sp³-hybridized carbons (Fsp3) is 0.179. The summed E-state index contributed by atoms with van der Waals surface area (Å²) in [7, 11) is 0.0998. The summed E-state index contributed by atoms with van der Waals surface area (Å²) in [5, 5.41) is 6.03. The quantitative estimate of drug-likeness (QED) is 0.232. The van der Waals surface area contributed by atoms with Crippen molar-refractivity contribution in [3.05, 3.63) is 89.6 Å². The van der Waals surface area contributed by atoms with Crippen LogP contribution in [-0.4, -0.2) is 37.0 Å². The van der Waals surface area contributed by atoms with Gasteiger partial charge in [-0.2, -0.15) is 0 Å². The van der Waals surface area contributed by atoms with Crippen molar-refractivity contribution in [2.24, 2.45) is 0 Å². The molecule has 0 spiro atoms. The first-order valence-electron chi connectivity index (χ1n) is 11.8. The van der Waals surface area contributed by atoms with Gasteiger partial charge in [-0.05, 0) is 58.1 Å². The van der Waals surface area contributed by atoms with E-state index in [1.54, 1.807) is 42.8 Å². The van der Waals surface area contributed by atoms with Crippen LogP contribution < -0.4 is 21.0 Å². The molecule has 2 amide bonds. The molecule has 0 saturated heterocycles. The minimum absolute atomic E-state index is 0.260. The fourth-order valence-corrected chi connectivity index (χ4v) is 5.38. The lowest BCUT2D eigenvalue weighted by Crippen LogP contribution is -2.38. The first-order chi connectivity index (χ1) is 17.6. The molecule has 0 bridgehead atoms. The first kappa shape index (κ1) is 26.1. The van der Waals surface area contributed by atoms with Crippen LogP contribution >= 0.6 is 11.3 Å². The Kier molecular flexibility index (Phi) is 7.75. The number of thiophene rings is 1. The second-order valence-corrected chi connectivity index (χ2v) is 15.8. The molecule has 4 rings (SSSR count). The number of pyridine rings is 1. The Hall–Kier alpha value is -3.95. The zero-order valence-corrected chi connectivity index (χ0v) is 23.1. The smallest absolute Gasteiger partial charge is 0.409 e. The standard InChI is InChI=1S/C28H30N4O3SSi/c1-32(28(34)35-22-15-23(17-30-16-22)37(2,3)4)18-19-7-9-20(10-8-19)27(33)31-25-14-21(11-12-24(25)29)26-6-5-13-36-26/h5-17H,18,29H2,1-4H3,(H,31,33). The highest BCUT2D eigenvalue weighted by Crippen LogP contribution is 2.30. The number of nitrogens with zero attached hydrogens (tertiary/aromatic N) is 2. The summed E-state index contributed by atoms with van der Waals surface area (Å²) in [5.41, 5.74) is 9.51. The fourth-order valence-electron chi connectivity index (χ4n) is 3.62. The molecule has 2 aromatic carbocycles. The second kappa shape index (κ2) is 11.0. The molecule has 2 heterocycles. The van der Waals surface area contributed by atoms with Gasteiger partial charge in [0.1, 0.15) is 0 Å². The lowest BCUT2D eigenvalue weighted by Gasteiger charge is -2.19. The Morgan fingerprint density at radius 1 is 1.05 bits per heavy atom. The molecule has 7 nitrogen and oxygen atoms in total. The van der Waals surface area contributed by atoms with Crippen LogP contribution in [0.1, 0.15) is 15.9 Å². The molecular formula is C28H30N4O3SSi. The van der Waals surface area contributed by atoms with Crippen LogP contribution in [0.15, 0.2) is 78.4 Å². The molecule has 3 N–H and O–H groups in total. The van der Waals surface area contributed by atoms with Gasteiger partial charge in [-0.3, -0.25) is 9.78 Å². The van der Waals surface area contributed by atoms with Crippen molar-refractivity contribution >= 4 is 48.0 Å². The molecule has 2 aromatic heterocycles. The largest absolute Gasteiger partial charge is 0.415 e. The zero-order valence-electron chi connectivity index (χ0n) is 21.3. The first-order valence-corrected chi connectivity index (χ1v) is 16.2. The number of hydrogen-bond acceptors (Lipinski definition) is 6. The van der Waals surface area contributed by atoms with Crippen molar-refractivity contribution in [1.29, 1.82) is 0 Å². The molecule has 190 valence electrons. The molecule has 37 heavy (non-hydrogen) atoms. The average molecular weight is 531 g/mol. The van der Waals surface area contributed by atoms with Crippen molar-refractivity contribution in [1.82, 2.24) is 9.88 Å². The Morgan fingerprint density at radius 3 is 2.49 bits per heavy atom. The molecule has 0 aliphatic carbocycles. The monoisotopic (exact) mass is 530 g/mol. The number of amides is 2. The zero-order chi connectivity index (χ0) is 26.6. The Labute approximate surface area is 221 Å². The van der Waals surface area contributed by atoms with Gasteiger partial charge in [-0.1, -0.05) is 43.9 Å². The van der Waals surface area contributed by atoms with Crippen LogP contribution in [0, 0.1) is 0 Å². The van der Waals surface area contributed by atoms with Crippen LogP contribution in [0.5, 0.6) is 5.75 Å². The van der Waals surface area contributed by atoms with Crippen molar-refractivity contribution in [3.8, 4) is 16.2 Å². The van der Waals surface area contributed by atoms with E-state index in [1.807, 2.05) is 54.0 Å². The molecule has 9 heteroatoms. The summed E-state index contributed by atoms with van der Waals surface area (Å²) in [6.07, 6.45) is 2.91. The number of aromatic nitrogens is 1. The van der Waals surface area contributed by atoms with E-state index in [1.165, 1.54) is 4.90 Å². The number of hydrogen-bond donors (Lipinski definition) is 2. The van der Waals surface area contributed by atoms with Gasteiger partial charge in [0.15, 0.2) is 5.75 Å². The lowest BCUT2D eigenvalue weighted by atomic mass is 10.1. The SMILES string of the molecule is CN(Cc1ccc(C(=O)Nc2cc(-c3cccs3)ccc2N)cc1)C(=O)Oc1cncc([Si](C)(C)C)c1. The van der Waals surface area contributed by atoms with E-state index >= 15 is 0 Å². The molecule has 0 aliphatic heterocycles. The van der Waals surface area contributed by atoms with Crippen LogP contribution in [0.3, 0.4) is 0 Å². The number of benzene rings is 2. The molecule has 0 saturated carbocycles. The maximum Gasteiger partial charge on any atom is 0.415 e. The molecule has 4 aromatic rings. The lowest BCUT2D eigenvalue weighted by molar-refractivity contribution is 0.102. The number of nitrogens with one attached hydrogen (secondary N) is 1. The maximum absolute atomic E-state index is 12.9. The van der Waals surface area contributed by atoms with Crippen LogP contribution in [0.2, 0.25) is 19.6 Å². The Morgan fingerprint density at radius 2 is 1.81 bits per heavy atom. The molecule has 0 radical (unpaired) electrons. The summed E-state index contributed by atoms with van der Waals surface area (Å²) in [6, 6.07) is 18.6. The normalized spacial score (nSPS) is 11.1. The van der Waals surface area contributed by atoms with Crippen molar-refractivity contribution in [2.75, 3.05) is 18.1 Å². The molecule has 0 atom stereocenters. The Balaban J connectivity index is 1.37. The number of anilines is 2. The summed E-state index contributed by atoms with van der Waals surface area (Å²) >= 11 is 1.62. The number of rotatable bonds is 7. The molecule has 0 aliphatic rings. The topological polar surface area (TPSA) is 97.6 Å². The van der Waals surface area contributed by atoms with E-state index in [2.05, 4.69) is 29.9 Å². The summed E-state index contributed by atoms with van der Waals surface area (Å²) in [5.74, 6) is 0.176. The number of nitrogen functional groups attached to an aromatic ring is 1. The third-order valence-electron chi connectivity index (χ3n) is 5.84. The van der Waals surface area contributed by atoms with Gasteiger partial charge in [0.25, 0.3) is 5.91 Å². The molecule has 0 unspecified atom stereocenters. The van der Waals surface area contributed by atoms with Gasteiger partial charge >= 0.3 is 6.09 Å². The van der Waals surface area contributed by atoms with Gasteiger partial charge in [0, 0.05) is 30.2 Å². The highest BCUT2D eigenvalue weighted by molar-refractivity contribution is 7.13. The summed E-state index contributed by atoms with van der Waals surface area (Å²) < 4.78 is 5.53. The van der Waals surface area contributed by atoms with Gasteiger partial charge in [0.2, 0.25) is 0 Å². The molecule has 0 fully saturated rings. The van der Waals surface area contributed by atoms with Gasteiger partial charge in [-0.25, -0.2) is 4.79 Å². The van der Waals surface area contributed by atoms with Crippen molar-refractivity contribution < 1.29 is 14.3 Å². The number of carbonyl (C=O) groups excluding carboxylic acids is 2. The van der Waals surface area contributed by atoms with Gasteiger partial charge in [0.05, 0.1) is 25.6 Å². The third-order valence-corrected chi connectivity index (χ3v) is 8.76. The maximum atomic E-state index is 12.9. The molecular weight excluding hydrogens is 500 g/mol. The minimum Gasteiger partial charge on any atom is -0.409 e. The average Bonchev–Trinajstić information content (AvgIpc) is 3.40. The summed E-state index contributed by atoms with van der Waals surface area (Å²) in [4.78, 5) is 32.3. The highest BCUT2D eigenvalue weighted by atomic mass is 32.1.